The number of fused-ring (bicyclic) bond motifs is 2. The largest absolute Gasteiger partial charge is 0.391 e. The van der Waals surface area contributed by atoms with Gasteiger partial charge in [0.05, 0.1) is 47.5 Å². The van der Waals surface area contributed by atoms with Crippen LogP contribution in [-0.4, -0.2) is 63.1 Å². The van der Waals surface area contributed by atoms with Crippen molar-refractivity contribution in [3.05, 3.63) is 47.8 Å². The third kappa shape index (κ3) is 4.40. The molecule has 6 rings (SSSR count). The van der Waals surface area contributed by atoms with Crippen molar-refractivity contribution in [3.8, 4) is 0 Å². The predicted molar refractivity (Wildman–Crippen MR) is 130 cm³/mol. The van der Waals surface area contributed by atoms with Crippen molar-refractivity contribution in [2.75, 3.05) is 36.5 Å². The number of benzene rings is 1. The monoisotopic (exact) mass is 464 g/mol. The number of anilines is 2. The molecule has 0 spiro atoms. The van der Waals surface area contributed by atoms with E-state index < -0.39 is 0 Å². The lowest BCUT2D eigenvalue weighted by molar-refractivity contribution is 0.116. The van der Waals surface area contributed by atoms with Gasteiger partial charge in [0.25, 0.3) is 0 Å². The standard InChI is InChI=1S/C24H28N6O2S/c31-20-4-2-1-3-18(20)26-24-27-19-6-5-16(14-21(19)33-24)13-17-15-30-22(25-17)7-8-23(28-30)29-9-11-32-12-10-29/h5-8,14-15,18,20,31H,1-4,9-13H2,(H,26,27). The van der Waals surface area contributed by atoms with Gasteiger partial charge in [-0.2, -0.15) is 0 Å². The molecule has 2 unspecified atom stereocenters. The molecule has 172 valence electrons. The molecule has 0 radical (unpaired) electrons. The summed E-state index contributed by atoms with van der Waals surface area (Å²) in [6.07, 6.45) is 6.61. The van der Waals surface area contributed by atoms with E-state index >= 15 is 0 Å². The molecule has 8 nitrogen and oxygen atoms in total. The highest BCUT2D eigenvalue weighted by Gasteiger charge is 2.23. The number of imidazole rings is 1. The first-order valence-electron chi connectivity index (χ1n) is 11.7. The van der Waals surface area contributed by atoms with E-state index in [1.807, 2.05) is 22.8 Å². The molecule has 1 aliphatic carbocycles. The Bertz CT molecular complexity index is 1260. The van der Waals surface area contributed by atoms with Gasteiger partial charge in [0.15, 0.2) is 10.8 Å². The Kier molecular flexibility index (Phi) is 5.61. The molecule has 2 aliphatic rings. The molecule has 0 bridgehead atoms. The Hall–Kier alpha value is -2.75. The summed E-state index contributed by atoms with van der Waals surface area (Å²) in [7, 11) is 0. The minimum Gasteiger partial charge on any atom is -0.391 e. The van der Waals surface area contributed by atoms with Crippen LogP contribution < -0.4 is 10.2 Å². The van der Waals surface area contributed by atoms with Crippen molar-refractivity contribution < 1.29 is 9.84 Å². The topological polar surface area (TPSA) is 87.8 Å². The van der Waals surface area contributed by atoms with Crippen molar-refractivity contribution in [2.24, 2.45) is 0 Å². The molecule has 33 heavy (non-hydrogen) atoms. The van der Waals surface area contributed by atoms with Crippen LogP contribution in [0, 0.1) is 0 Å². The second-order valence-electron chi connectivity index (χ2n) is 8.93. The number of nitrogens with zero attached hydrogens (tertiary/aromatic N) is 5. The number of morpholine rings is 1. The van der Waals surface area contributed by atoms with Gasteiger partial charge in [-0.05, 0) is 42.7 Å². The maximum atomic E-state index is 10.3. The zero-order valence-corrected chi connectivity index (χ0v) is 19.3. The summed E-state index contributed by atoms with van der Waals surface area (Å²) in [5.41, 5.74) is 4.04. The van der Waals surface area contributed by atoms with Gasteiger partial charge >= 0.3 is 0 Å². The van der Waals surface area contributed by atoms with Crippen LogP contribution in [0.5, 0.6) is 0 Å². The minimum absolute atomic E-state index is 0.103. The molecule has 9 heteroatoms. The lowest BCUT2D eigenvalue weighted by atomic mass is 9.93. The van der Waals surface area contributed by atoms with Gasteiger partial charge in [0.1, 0.15) is 5.82 Å². The highest BCUT2D eigenvalue weighted by molar-refractivity contribution is 7.22. The summed E-state index contributed by atoms with van der Waals surface area (Å²) in [6, 6.07) is 10.6. The zero-order chi connectivity index (χ0) is 22.2. The minimum atomic E-state index is -0.284. The van der Waals surface area contributed by atoms with Crippen LogP contribution in [0.1, 0.15) is 36.9 Å². The molecule has 4 heterocycles. The molecule has 1 aromatic carbocycles. The summed E-state index contributed by atoms with van der Waals surface area (Å²) in [5, 5.41) is 19.4. The molecule has 1 aliphatic heterocycles. The van der Waals surface area contributed by atoms with Crippen molar-refractivity contribution in [3.63, 3.8) is 0 Å². The summed E-state index contributed by atoms with van der Waals surface area (Å²) in [5.74, 6) is 0.962. The second-order valence-corrected chi connectivity index (χ2v) is 9.96. The Morgan fingerprint density at radius 2 is 1.97 bits per heavy atom. The fourth-order valence-corrected chi connectivity index (χ4v) is 5.75. The third-order valence-corrected chi connectivity index (χ3v) is 7.52. The Morgan fingerprint density at radius 1 is 1.09 bits per heavy atom. The van der Waals surface area contributed by atoms with E-state index in [1.165, 1.54) is 5.56 Å². The summed E-state index contributed by atoms with van der Waals surface area (Å²) in [6.45, 7) is 3.22. The van der Waals surface area contributed by atoms with Crippen molar-refractivity contribution in [1.29, 1.82) is 0 Å². The van der Waals surface area contributed by atoms with Gasteiger partial charge < -0.3 is 20.1 Å². The normalized spacial score (nSPS) is 21.7. The van der Waals surface area contributed by atoms with Crippen LogP contribution in [-0.2, 0) is 11.2 Å². The first kappa shape index (κ1) is 20.8. The number of aromatic nitrogens is 4. The first-order chi connectivity index (χ1) is 16.2. The quantitative estimate of drug-likeness (QED) is 0.467. The molecule has 2 N–H and O–H groups in total. The van der Waals surface area contributed by atoms with Gasteiger partial charge in [-0.1, -0.05) is 30.2 Å². The Balaban J connectivity index is 1.19. The molecular formula is C24H28N6O2S. The fourth-order valence-electron chi connectivity index (χ4n) is 4.76. The third-order valence-electron chi connectivity index (χ3n) is 6.57. The van der Waals surface area contributed by atoms with Crippen LogP contribution in [0.25, 0.3) is 15.9 Å². The van der Waals surface area contributed by atoms with E-state index in [1.54, 1.807) is 11.3 Å². The van der Waals surface area contributed by atoms with E-state index in [9.17, 15) is 5.11 Å². The van der Waals surface area contributed by atoms with Crippen molar-refractivity contribution >= 4 is 38.2 Å². The molecule has 2 atom stereocenters. The molecule has 2 fully saturated rings. The number of thiazole rings is 1. The Morgan fingerprint density at radius 3 is 2.85 bits per heavy atom. The first-order valence-corrected chi connectivity index (χ1v) is 12.5. The van der Waals surface area contributed by atoms with Crippen LogP contribution in [0.15, 0.2) is 36.5 Å². The maximum absolute atomic E-state index is 10.3. The maximum Gasteiger partial charge on any atom is 0.184 e. The lowest BCUT2D eigenvalue weighted by Gasteiger charge is -2.27. The van der Waals surface area contributed by atoms with Crippen molar-refractivity contribution in [2.45, 2.75) is 44.2 Å². The number of hydrogen-bond acceptors (Lipinski definition) is 8. The molecule has 1 saturated carbocycles. The van der Waals surface area contributed by atoms with E-state index in [-0.39, 0.29) is 12.1 Å². The average Bonchev–Trinajstić information content (AvgIpc) is 3.43. The second kappa shape index (κ2) is 8.89. The zero-order valence-electron chi connectivity index (χ0n) is 18.5. The van der Waals surface area contributed by atoms with Crippen molar-refractivity contribution in [1.82, 2.24) is 19.6 Å². The van der Waals surface area contributed by atoms with Crippen LogP contribution in [0.3, 0.4) is 0 Å². The highest BCUT2D eigenvalue weighted by atomic mass is 32.1. The molecule has 4 aromatic rings. The van der Waals surface area contributed by atoms with E-state index in [0.29, 0.717) is 0 Å². The van der Waals surface area contributed by atoms with E-state index in [2.05, 4.69) is 28.4 Å². The summed E-state index contributed by atoms with van der Waals surface area (Å²) in [4.78, 5) is 11.7. The fraction of sp³-hybridized carbons (Fsp3) is 0.458. The van der Waals surface area contributed by atoms with Crippen LogP contribution >= 0.6 is 11.3 Å². The van der Waals surface area contributed by atoms with Gasteiger partial charge in [0, 0.05) is 19.5 Å². The lowest BCUT2D eigenvalue weighted by Crippen LogP contribution is -2.36. The predicted octanol–water partition coefficient (Wildman–Crippen LogP) is 3.48. The van der Waals surface area contributed by atoms with Gasteiger partial charge in [-0.15, -0.1) is 5.10 Å². The number of ether oxygens (including phenoxy) is 1. The molecular weight excluding hydrogens is 436 g/mol. The van der Waals surface area contributed by atoms with E-state index in [4.69, 9.17) is 19.8 Å². The number of hydrogen-bond donors (Lipinski definition) is 2. The van der Waals surface area contributed by atoms with Gasteiger partial charge in [-0.3, -0.25) is 0 Å². The van der Waals surface area contributed by atoms with Gasteiger partial charge in [-0.25, -0.2) is 14.5 Å². The highest BCUT2D eigenvalue weighted by Crippen LogP contribution is 2.30. The summed E-state index contributed by atoms with van der Waals surface area (Å²) >= 11 is 1.65. The van der Waals surface area contributed by atoms with Crippen LogP contribution in [0.4, 0.5) is 10.9 Å². The average molecular weight is 465 g/mol. The number of rotatable bonds is 5. The van der Waals surface area contributed by atoms with E-state index in [0.717, 1.165) is 90.9 Å². The smallest absolute Gasteiger partial charge is 0.184 e. The number of aliphatic hydroxyl groups is 1. The number of nitrogens with one attached hydrogen (secondary N) is 1. The molecule has 1 saturated heterocycles. The summed E-state index contributed by atoms with van der Waals surface area (Å²) < 4.78 is 8.47. The SMILES string of the molecule is OC1CCCCC1Nc1nc2ccc(Cc3cn4nc(N5CCOCC5)ccc4n3)cc2s1. The number of aliphatic hydroxyl groups excluding tert-OH is 1. The molecule has 3 aromatic heterocycles. The van der Waals surface area contributed by atoms with Gasteiger partial charge in [0.2, 0.25) is 0 Å². The van der Waals surface area contributed by atoms with Crippen LogP contribution in [0.2, 0.25) is 0 Å². The molecule has 0 amide bonds. The Labute approximate surface area is 196 Å².